The van der Waals surface area contributed by atoms with Crippen LogP contribution in [0.15, 0.2) is 85.4 Å². The second kappa shape index (κ2) is 10.4. The first-order valence-electron chi connectivity index (χ1n) is 16.9. The number of nitrogens with one attached hydrogen (secondary N) is 2. The van der Waals surface area contributed by atoms with Gasteiger partial charge >= 0.3 is 6.18 Å². The van der Waals surface area contributed by atoms with Crippen LogP contribution in [0.2, 0.25) is 0 Å². The van der Waals surface area contributed by atoms with Crippen LogP contribution in [-0.2, 0) is 6.18 Å². The summed E-state index contributed by atoms with van der Waals surface area (Å²) >= 11 is 0. The first-order chi connectivity index (χ1) is 23.7. The van der Waals surface area contributed by atoms with Crippen LogP contribution in [0.4, 0.5) is 30.5 Å². The van der Waals surface area contributed by atoms with Crippen molar-refractivity contribution >= 4 is 23.2 Å². The summed E-state index contributed by atoms with van der Waals surface area (Å²) in [5, 5.41) is 4.51. The number of aryl methyl sites for hydroxylation is 1. The molecule has 3 heterocycles. The highest BCUT2D eigenvalue weighted by Crippen LogP contribution is 2.33. The zero-order chi connectivity index (χ0) is 38.0. The zero-order valence-electron chi connectivity index (χ0n) is 31.9. The summed E-state index contributed by atoms with van der Waals surface area (Å²) < 4.78 is 142. The van der Waals surface area contributed by atoms with Gasteiger partial charge in [-0.25, -0.2) is 15.0 Å². The molecule has 196 valence electrons. The van der Waals surface area contributed by atoms with Gasteiger partial charge in [0.25, 0.3) is 5.91 Å². The Morgan fingerprint density at radius 2 is 1.87 bits per heavy atom. The van der Waals surface area contributed by atoms with Gasteiger partial charge in [0, 0.05) is 52.9 Å². The van der Waals surface area contributed by atoms with Crippen LogP contribution in [-0.4, -0.2) is 30.4 Å². The van der Waals surface area contributed by atoms with Gasteiger partial charge in [-0.05, 0) is 67.8 Å². The standard InChI is InChI=1S/C28H22F3N7O/c1-17-5-6-19(10-25(17)37-27-33-9-7-24(36-27)20-4-3-8-32-14-20)26(39)35-22-11-21(28(29,30)31)12-23(13-22)38-15-18(2)34-16-38/h3-16H,1-2H3,(H,35,39)(H,33,36,37)/i3D,4D,5D,6D,7D,8D,9D,10D,11D,12D,13D,14D. The van der Waals surface area contributed by atoms with E-state index in [2.05, 4.69) is 25.3 Å². The van der Waals surface area contributed by atoms with Crippen molar-refractivity contribution in [2.24, 2.45) is 0 Å². The Bertz CT molecular complexity index is 2300. The number of pyridine rings is 1. The van der Waals surface area contributed by atoms with Gasteiger partial charge < -0.3 is 15.2 Å². The largest absolute Gasteiger partial charge is 0.416 e. The maximum Gasteiger partial charge on any atom is 0.416 e. The molecule has 5 aromatic rings. The maximum absolute atomic E-state index is 14.1. The molecule has 39 heavy (non-hydrogen) atoms. The van der Waals surface area contributed by atoms with Gasteiger partial charge in [0.15, 0.2) is 0 Å². The number of imidazole rings is 1. The van der Waals surface area contributed by atoms with Crippen LogP contribution in [0, 0.1) is 13.8 Å². The van der Waals surface area contributed by atoms with Gasteiger partial charge in [0.1, 0.15) is 0 Å². The van der Waals surface area contributed by atoms with E-state index in [-0.39, 0.29) is 5.56 Å². The van der Waals surface area contributed by atoms with Gasteiger partial charge in [-0.3, -0.25) is 9.78 Å². The predicted octanol–water partition coefficient (Wildman–Crippen LogP) is 6.36. The lowest BCUT2D eigenvalue weighted by molar-refractivity contribution is -0.137. The fourth-order valence-corrected chi connectivity index (χ4v) is 3.14. The lowest BCUT2D eigenvalue weighted by Gasteiger charge is -2.14. The molecule has 0 aliphatic heterocycles. The molecule has 0 aliphatic carbocycles. The number of carbonyl (C=O) groups is 1. The Hall–Kier alpha value is -5.06. The molecule has 3 aromatic heterocycles. The van der Waals surface area contributed by atoms with E-state index in [9.17, 15) is 18.0 Å². The van der Waals surface area contributed by atoms with Crippen LogP contribution >= 0.6 is 0 Å². The number of hydrogen-bond donors (Lipinski definition) is 2. The van der Waals surface area contributed by atoms with Crippen molar-refractivity contribution in [2.75, 3.05) is 10.6 Å². The van der Waals surface area contributed by atoms with Crippen LogP contribution < -0.4 is 10.6 Å². The number of carbonyl (C=O) groups excluding carboxylic acids is 1. The second-order valence-corrected chi connectivity index (χ2v) is 7.82. The quantitative estimate of drug-likeness (QED) is 0.260. The molecule has 1 amide bonds. The molecule has 0 atom stereocenters. The monoisotopic (exact) mass is 541 g/mol. The zero-order valence-corrected chi connectivity index (χ0v) is 19.9. The highest BCUT2D eigenvalue weighted by molar-refractivity contribution is 6.05. The van der Waals surface area contributed by atoms with Crippen molar-refractivity contribution < 1.29 is 34.4 Å². The SMILES string of the molecule is [2H]c1nc(Nc2c([2H])c(C(=O)Nc3c([2H])c(-n4cnc(C)c4)c([2H])c(C(F)(F)F)c3[2H])c([2H])c([2H])c2C)nc(-c2c([2H])nc([2H])c([2H])c2[2H])c1[2H]. The summed E-state index contributed by atoms with van der Waals surface area (Å²) in [6.07, 6.45) is -5.18. The van der Waals surface area contributed by atoms with Gasteiger partial charge in [-0.15, -0.1) is 0 Å². The van der Waals surface area contributed by atoms with Crippen LogP contribution in [0.3, 0.4) is 0 Å². The Labute approximate surface area is 238 Å². The van der Waals surface area contributed by atoms with Gasteiger partial charge in [-0.1, -0.05) is 6.04 Å². The van der Waals surface area contributed by atoms with Crippen molar-refractivity contribution in [1.29, 1.82) is 0 Å². The van der Waals surface area contributed by atoms with E-state index in [1.807, 2.05) is 5.32 Å². The van der Waals surface area contributed by atoms with E-state index in [0.29, 0.717) is 5.69 Å². The van der Waals surface area contributed by atoms with Crippen LogP contribution in [0.5, 0.6) is 0 Å². The molecule has 0 fully saturated rings. The number of anilines is 3. The Morgan fingerprint density at radius 1 is 1.03 bits per heavy atom. The summed E-state index contributed by atoms with van der Waals surface area (Å²) in [5.74, 6) is -2.02. The number of benzene rings is 2. The maximum atomic E-state index is 14.1. The third-order valence-electron chi connectivity index (χ3n) is 4.95. The van der Waals surface area contributed by atoms with E-state index >= 15 is 0 Å². The van der Waals surface area contributed by atoms with Crippen LogP contribution in [0.25, 0.3) is 16.9 Å². The highest BCUT2D eigenvalue weighted by atomic mass is 19.4. The molecule has 0 radical (unpaired) electrons. The third kappa shape index (κ3) is 5.93. The van der Waals surface area contributed by atoms with Crippen molar-refractivity contribution in [2.45, 2.75) is 20.0 Å². The van der Waals surface area contributed by atoms with E-state index < -0.39 is 130 Å². The predicted molar refractivity (Wildman–Crippen MR) is 141 cm³/mol. The van der Waals surface area contributed by atoms with Crippen molar-refractivity contribution in [1.82, 2.24) is 24.5 Å². The number of nitrogens with zero attached hydrogens (tertiary/aromatic N) is 5. The Balaban J connectivity index is 1.64. The lowest BCUT2D eigenvalue weighted by atomic mass is 10.1. The molecule has 0 saturated carbocycles. The number of hydrogen-bond acceptors (Lipinski definition) is 6. The topological polar surface area (TPSA) is 97.6 Å². The number of rotatable bonds is 6. The molecule has 2 aromatic carbocycles. The van der Waals surface area contributed by atoms with Crippen molar-refractivity contribution in [3.8, 4) is 16.9 Å². The van der Waals surface area contributed by atoms with Crippen LogP contribution in [0.1, 0.15) is 43.6 Å². The Kier molecular flexibility index (Phi) is 3.92. The second-order valence-electron chi connectivity index (χ2n) is 7.82. The fourth-order valence-electron chi connectivity index (χ4n) is 3.14. The average Bonchev–Trinajstić information content (AvgIpc) is 3.46. The number of alkyl halides is 3. The minimum Gasteiger partial charge on any atom is -0.324 e. The van der Waals surface area contributed by atoms with Gasteiger partial charge in [0.05, 0.1) is 39.7 Å². The molecule has 11 heteroatoms. The summed E-state index contributed by atoms with van der Waals surface area (Å²) in [6.45, 7) is 2.77. The van der Waals surface area contributed by atoms with E-state index in [0.717, 1.165) is 10.9 Å². The smallest absolute Gasteiger partial charge is 0.324 e. The molecular formula is C28H22F3N7O. The minimum absolute atomic E-state index is 0.137. The summed E-state index contributed by atoms with van der Waals surface area (Å²) in [6, 6.07) is -7.97. The molecule has 0 saturated heterocycles. The molecule has 2 N–H and O–H groups in total. The third-order valence-corrected chi connectivity index (χ3v) is 4.95. The molecule has 0 unspecified atom stereocenters. The first kappa shape index (κ1) is 14.8. The molecule has 8 nitrogen and oxygen atoms in total. The molecule has 0 bridgehead atoms. The number of amides is 1. The van der Waals surface area contributed by atoms with Gasteiger partial charge in [-0.2, -0.15) is 13.2 Å². The van der Waals surface area contributed by atoms with Gasteiger partial charge in [0.2, 0.25) is 5.95 Å². The van der Waals surface area contributed by atoms with Crippen molar-refractivity contribution in [3.05, 3.63) is 108 Å². The number of halogens is 3. The summed E-state index contributed by atoms with van der Waals surface area (Å²) in [7, 11) is 0. The van der Waals surface area contributed by atoms with E-state index in [1.165, 1.54) is 20.0 Å². The molecule has 0 aliphatic rings. The average molecular weight is 542 g/mol. The molecular weight excluding hydrogens is 507 g/mol. The van der Waals surface area contributed by atoms with E-state index in [1.54, 1.807) is 0 Å². The summed E-state index contributed by atoms with van der Waals surface area (Å²) in [5.41, 5.74) is -5.60. The highest BCUT2D eigenvalue weighted by Gasteiger charge is 2.31. The fraction of sp³-hybridized carbons (Fsp3) is 0.107. The number of aromatic nitrogens is 5. The van der Waals surface area contributed by atoms with E-state index in [4.69, 9.17) is 16.4 Å². The first-order valence-corrected chi connectivity index (χ1v) is 10.9. The normalized spacial score (nSPS) is 15.6. The van der Waals surface area contributed by atoms with Crippen molar-refractivity contribution in [3.63, 3.8) is 0 Å². The molecule has 5 rings (SSSR count). The lowest BCUT2D eigenvalue weighted by Crippen LogP contribution is -2.14. The summed E-state index contributed by atoms with van der Waals surface area (Å²) in [4.78, 5) is 28.9. The minimum atomic E-state index is -5.28. The Morgan fingerprint density at radius 3 is 2.64 bits per heavy atom. The molecule has 0 spiro atoms.